The summed E-state index contributed by atoms with van der Waals surface area (Å²) in [5.41, 5.74) is 0. The van der Waals surface area contributed by atoms with Gasteiger partial charge in [0, 0.05) is 38.1 Å². The fourth-order valence-electron chi connectivity index (χ4n) is 4.07. The molecule has 3 heterocycles. The van der Waals surface area contributed by atoms with E-state index in [-0.39, 0.29) is 18.0 Å². The minimum atomic E-state index is -3.16. The maximum Gasteiger partial charge on any atom is 0.222 e. The summed E-state index contributed by atoms with van der Waals surface area (Å²) in [4.78, 5) is 16.6. The number of hydrogen-bond acceptors (Lipinski definition) is 4. The van der Waals surface area contributed by atoms with Gasteiger partial charge in [-0.05, 0) is 38.8 Å². The van der Waals surface area contributed by atoms with Gasteiger partial charge in [-0.3, -0.25) is 4.79 Å². The molecule has 6 nitrogen and oxygen atoms in total. The summed E-state index contributed by atoms with van der Waals surface area (Å²) in [5.74, 6) is 0.200. The molecular weight excluding hydrogens is 290 g/mol. The fraction of sp³-hybridized carbons (Fsp3) is 0.929. The van der Waals surface area contributed by atoms with Crippen LogP contribution in [0.25, 0.3) is 0 Å². The lowest BCUT2D eigenvalue weighted by Crippen LogP contribution is -2.54. The number of sulfonamides is 1. The number of nitrogens with zero attached hydrogens (tertiary/aromatic N) is 3. The largest absolute Gasteiger partial charge is 0.337 e. The minimum Gasteiger partial charge on any atom is -0.337 e. The molecule has 3 aliphatic rings. The van der Waals surface area contributed by atoms with Crippen LogP contribution in [0.2, 0.25) is 0 Å². The zero-order valence-electron chi connectivity index (χ0n) is 12.7. The van der Waals surface area contributed by atoms with Gasteiger partial charge in [0.05, 0.1) is 6.26 Å². The number of carbonyl (C=O) groups excluding carboxylic acids is 1. The maximum absolute atomic E-state index is 12.2. The number of carbonyl (C=O) groups is 1. The van der Waals surface area contributed by atoms with E-state index in [1.807, 2.05) is 4.90 Å². The van der Waals surface area contributed by atoms with Crippen LogP contribution < -0.4 is 0 Å². The van der Waals surface area contributed by atoms with Crippen LogP contribution in [0.3, 0.4) is 0 Å². The normalized spacial score (nSPS) is 31.9. The Morgan fingerprint density at radius 3 is 2.43 bits per heavy atom. The topological polar surface area (TPSA) is 60.9 Å². The standard InChI is InChI=1S/C14H25N3O3S/c1-21(19,20)17-9-6-12-13(17)4-5-14(18)16(12)11-10-15-7-2-3-8-15/h12-13H,2-11H2,1H3/t12-,13-/m0/s1. The van der Waals surface area contributed by atoms with Crippen LogP contribution in [-0.4, -0.2) is 79.5 Å². The Labute approximate surface area is 127 Å². The summed E-state index contributed by atoms with van der Waals surface area (Å²) < 4.78 is 25.3. The fourth-order valence-corrected chi connectivity index (χ4v) is 5.24. The molecule has 0 unspecified atom stereocenters. The smallest absolute Gasteiger partial charge is 0.222 e. The third kappa shape index (κ3) is 3.10. The van der Waals surface area contributed by atoms with E-state index in [2.05, 4.69) is 4.90 Å². The average molecular weight is 315 g/mol. The van der Waals surface area contributed by atoms with Crippen LogP contribution in [0.1, 0.15) is 32.1 Å². The van der Waals surface area contributed by atoms with Gasteiger partial charge in [-0.25, -0.2) is 8.42 Å². The first kappa shape index (κ1) is 15.2. The molecule has 3 fully saturated rings. The zero-order valence-corrected chi connectivity index (χ0v) is 13.5. The summed E-state index contributed by atoms with van der Waals surface area (Å²) in [6.45, 7) is 4.49. The van der Waals surface area contributed by atoms with E-state index in [1.165, 1.54) is 19.1 Å². The van der Waals surface area contributed by atoms with E-state index in [1.54, 1.807) is 4.31 Å². The molecule has 2 atom stereocenters. The summed E-state index contributed by atoms with van der Waals surface area (Å²) >= 11 is 0. The average Bonchev–Trinajstić information content (AvgIpc) is 3.05. The number of rotatable bonds is 4. The summed E-state index contributed by atoms with van der Waals surface area (Å²) in [6, 6.07) is 0.0832. The quantitative estimate of drug-likeness (QED) is 0.739. The molecule has 0 spiro atoms. The molecule has 3 aliphatic heterocycles. The van der Waals surface area contributed by atoms with Crippen LogP contribution in [-0.2, 0) is 14.8 Å². The molecule has 0 aromatic rings. The molecule has 1 amide bonds. The SMILES string of the molecule is CS(=O)(=O)N1CC[C@H]2[C@@H]1CCC(=O)N2CCN1CCCC1. The third-order valence-electron chi connectivity index (χ3n) is 5.12. The first-order chi connectivity index (χ1) is 9.97. The predicted octanol–water partition coefficient (Wildman–Crippen LogP) is 0.107. The second kappa shape index (κ2) is 5.85. The van der Waals surface area contributed by atoms with Gasteiger partial charge in [0.25, 0.3) is 0 Å². The van der Waals surface area contributed by atoms with Crippen molar-refractivity contribution in [1.29, 1.82) is 0 Å². The van der Waals surface area contributed by atoms with E-state index < -0.39 is 10.0 Å². The van der Waals surface area contributed by atoms with Gasteiger partial charge in [0.1, 0.15) is 0 Å². The summed E-state index contributed by atoms with van der Waals surface area (Å²) in [7, 11) is -3.16. The van der Waals surface area contributed by atoms with Crippen molar-refractivity contribution in [2.24, 2.45) is 0 Å². The van der Waals surface area contributed by atoms with Gasteiger partial charge in [-0.15, -0.1) is 0 Å². The van der Waals surface area contributed by atoms with Crippen LogP contribution in [0, 0.1) is 0 Å². The van der Waals surface area contributed by atoms with Gasteiger partial charge < -0.3 is 9.80 Å². The maximum atomic E-state index is 12.2. The molecule has 0 N–H and O–H groups in total. The number of fused-ring (bicyclic) bond motifs is 1. The number of likely N-dealkylation sites (tertiary alicyclic amines) is 2. The van der Waals surface area contributed by atoms with E-state index in [9.17, 15) is 13.2 Å². The Balaban J connectivity index is 1.66. The first-order valence-electron chi connectivity index (χ1n) is 7.95. The summed E-state index contributed by atoms with van der Waals surface area (Å²) in [6.07, 6.45) is 5.72. The van der Waals surface area contributed by atoms with E-state index in [4.69, 9.17) is 0 Å². The molecule has 7 heteroatoms. The van der Waals surface area contributed by atoms with Crippen molar-refractivity contribution in [2.75, 3.05) is 39.0 Å². The Morgan fingerprint density at radius 1 is 1.05 bits per heavy atom. The zero-order chi connectivity index (χ0) is 15.0. The number of piperidine rings is 1. The Hall–Kier alpha value is -0.660. The number of amides is 1. The Kier molecular flexibility index (Phi) is 4.25. The van der Waals surface area contributed by atoms with Crippen LogP contribution in [0.15, 0.2) is 0 Å². The third-order valence-corrected chi connectivity index (χ3v) is 6.42. The molecule has 0 aromatic carbocycles. The van der Waals surface area contributed by atoms with Crippen LogP contribution >= 0.6 is 0 Å². The first-order valence-corrected chi connectivity index (χ1v) is 9.80. The van der Waals surface area contributed by atoms with Crippen molar-refractivity contribution in [1.82, 2.24) is 14.1 Å². The summed E-state index contributed by atoms with van der Waals surface area (Å²) in [5, 5.41) is 0. The molecule has 0 aromatic heterocycles. The Bertz CT molecular complexity index is 502. The van der Waals surface area contributed by atoms with Gasteiger partial charge >= 0.3 is 0 Å². The van der Waals surface area contributed by atoms with Crippen molar-refractivity contribution < 1.29 is 13.2 Å². The number of hydrogen-bond donors (Lipinski definition) is 0. The highest BCUT2D eigenvalue weighted by Gasteiger charge is 2.46. The van der Waals surface area contributed by atoms with E-state index >= 15 is 0 Å². The van der Waals surface area contributed by atoms with Crippen LogP contribution in [0.4, 0.5) is 0 Å². The highest BCUT2D eigenvalue weighted by Crippen LogP contribution is 2.32. The molecule has 0 bridgehead atoms. The van der Waals surface area contributed by atoms with Gasteiger partial charge in [0.15, 0.2) is 0 Å². The highest BCUT2D eigenvalue weighted by molar-refractivity contribution is 7.88. The van der Waals surface area contributed by atoms with Crippen molar-refractivity contribution >= 4 is 15.9 Å². The van der Waals surface area contributed by atoms with Crippen molar-refractivity contribution in [3.05, 3.63) is 0 Å². The van der Waals surface area contributed by atoms with E-state index in [0.29, 0.717) is 19.4 Å². The highest BCUT2D eigenvalue weighted by atomic mass is 32.2. The van der Waals surface area contributed by atoms with Crippen molar-refractivity contribution in [2.45, 2.75) is 44.2 Å². The van der Waals surface area contributed by atoms with Crippen molar-refractivity contribution in [3.63, 3.8) is 0 Å². The molecule has 0 radical (unpaired) electrons. The molecule has 3 saturated heterocycles. The van der Waals surface area contributed by atoms with Crippen LogP contribution in [0.5, 0.6) is 0 Å². The van der Waals surface area contributed by atoms with Gasteiger partial charge in [-0.2, -0.15) is 4.31 Å². The lowest BCUT2D eigenvalue weighted by Gasteiger charge is -2.39. The minimum absolute atomic E-state index is 0.00345. The molecule has 0 saturated carbocycles. The monoisotopic (exact) mass is 315 g/mol. The predicted molar refractivity (Wildman–Crippen MR) is 80.4 cm³/mol. The Morgan fingerprint density at radius 2 is 1.76 bits per heavy atom. The van der Waals surface area contributed by atoms with Gasteiger partial charge in [-0.1, -0.05) is 0 Å². The second-order valence-corrected chi connectivity index (χ2v) is 8.41. The lowest BCUT2D eigenvalue weighted by atomic mass is 9.97. The molecule has 3 rings (SSSR count). The molecular formula is C14H25N3O3S. The van der Waals surface area contributed by atoms with Crippen molar-refractivity contribution in [3.8, 4) is 0 Å². The van der Waals surface area contributed by atoms with E-state index in [0.717, 1.165) is 32.6 Å². The second-order valence-electron chi connectivity index (χ2n) is 6.47. The lowest BCUT2D eigenvalue weighted by molar-refractivity contribution is -0.137. The molecule has 0 aliphatic carbocycles. The molecule has 21 heavy (non-hydrogen) atoms. The van der Waals surface area contributed by atoms with Gasteiger partial charge in [0.2, 0.25) is 15.9 Å². The molecule has 120 valence electrons.